The molecule has 0 amide bonds. The fourth-order valence-corrected chi connectivity index (χ4v) is 3.60. The molecule has 27 heavy (non-hydrogen) atoms. The summed E-state index contributed by atoms with van der Waals surface area (Å²) in [6.45, 7) is 1.88. The van der Waals surface area contributed by atoms with Crippen LogP contribution in [0.5, 0.6) is 0 Å². The highest BCUT2D eigenvalue weighted by Gasteiger charge is 2.10. The van der Waals surface area contributed by atoms with Crippen LogP contribution in [0, 0.1) is 18.3 Å². The van der Waals surface area contributed by atoms with Crippen LogP contribution in [0.2, 0.25) is 0 Å². The summed E-state index contributed by atoms with van der Waals surface area (Å²) in [7, 11) is 0. The van der Waals surface area contributed by atoms with E-state index >= 15 is 0 Å². The Labute approximate surface area is 161 Å². The summed E-state index contributed by atoms with van der Waals surface area (Å²) >= 11 is 1.46. The van der Waals surface area contributed by atoms with Gasteiger partial charge in [0.25, 0.3) is 0 Å². The van der Waals surface area contributed by atoms with Gasteiger partial charge in [-0.3, -0.25) is 0 Å². The molecule has 0 aliphatic rings. The molecule has 2 heterocycles. The van der Waals surface area contributed by atoms with E-state index in [9.17, 15) is 5.26 Å². The largest absolute Gasteiger partial charge is 0.462 e. The van der Waals surface area contributed by atoms with Gasteiger partial charge in [-0.1, -0.05) is 54.6 Å². The Morgan fingerprint density at radius 3 is 2.33 bits per heavy atom. The standard InChI is InChI=1S/C23H16N2OS/c1-16-7-12-21(26-16)13-20(14-24)23-25-22(15-27-23)19-10-8-18(9-11-19)17-5-3-2-4-6-17/h2-13,15H,1H3. The molecule has 0 unspecified atom stereocenters. The molecule has 0 radical (unpaired) electrons. The molecule has 4 aromatic rings. The predicted octanol–water partition coefficient (Wildman–Crippen LogP) is 6.44. The van der Waals surface area contributed by atoms with E-state index in [4.69, 9.17) is 4.42 Å². The SMILES string of the molecule is Cc1ccc(C=C(C#N)c2nc(-c3ccc(-c4ccccc4)cc3)cs2)o1. The number of benzene rings is 2. The van der Waals surface area contributed by atoms with Crippen LogP contribution in [-0.4, -0.2) is 4.98 Å². The topological polar surface area (TPSA) is 49.8 Å². The molecule has 0 atom stereocenters. The molecule has 3 nitrogen and oxygen atoms in total. The second-order valence-electron chi connectivity index (χ2n) is 6.10. The highest BCUT2D eigenvalue weighted by molar-refractivity contribution is 7.11. The molecule has 0 aliphatic carbocycles. The van der Waals surface area contributed by atoms with Crippen molar-refractivity contribution in [3.05, 3.63) is 88.6 Å². The van der Waals surface area contributed by atoms with Gasteiger partial charge in [0.1, 0.15) is 22.6 Å². The molecule has 130 valence electrons. The second-order valence-corrected chi connectivity index (χ2v) is 6.96. The number of nitrogens with zero attached hydrogens (tertiary/aromatic N) is 2. The molecule has 0 bridgehead atoms. The molecule has 4 heteroatoms. The Bertz CT molecular complexity index is 1130. The van der Waals surface area contributed by atoms with E-state index in [2.05, 4.69) is 47.5 Å². The van der Waals surface area contributed by atoms with Crippen molar-refractivity contribution in [2.45, 2.75) is 6.92 Å². The van der Waals surface area contributed by atoms with Crippen molar-refractivity contribution in [2.24, 2.45) is 0 Å². The van der Waals surface area contributed by atoms with Crippen LogP contribution in [0.3, 0.4) is 0 Å². The lowest BCUT2D eigenvalue weighted by Gasteiger charge is -2.02. The van der Waals surface area contributed by atoms with Gasteiger partial charge in [0.15, 0.2) is 0 Å². The number of allylic oxidation sites excluding steroid dienone is 1. The number of hydrogen-bond donors (Lipinski definition) is 0. The number of rotatable bonds is 4. The van der Waals surface area contributed by atoms with Crippen LogP contribution in [0.4, 0.5) is 0 Å². The molecule has 4 rings (SSSR count). The molecule has 0 fully saturated rings. The molecule has 2 aromatic carbocycles. The summed E-state index contributed by atoms with van der Waals surface area (Å²) in [5, 5.41) is 12.2. The zero-order valence-corrected chi connectivity index (χ0v) is 15.5. The van der Waals surface area contributed by atoms with Crippen LogP contribution in [0.15, 0.2) is 76.5 Å². The zero-order valence-electron chi connectivity index (χ0n) is 14.7. The van der Waals surface area contributed by atoms with E-state index in [1.54, 1.807) is 6.08 Å². The average Bonchev–Trinajstić information content (AvgIpc) is 3.36. The molecular formula is C23H16N2OS. The Kier molecular flexibility index (Phi) is 4.69. The van der Waals surface area contributed by atoms with Crippen molar-refractivity contribution in [3.63, 3.8) is 0 Å². The summed E-state index contributed by atoms with van der Waals surface area (Å²) in [4.78, 5) is 4.64. The summed E-state index contributed by atoms with van der Waals surface area (Å²) in [5.74, 6) is 1.48. The Morgan fingerprint density at radius 2 is 1.67 bits per heavy atom. The van der Waals surface area contributed by atoms with Crippen LogP contribution in [0.25, 0.3) is 34.0 Å². The molecular weight excluding hydrogens is 352 g/mol. The molecule has 0 aliphatic heterocycles. The first-order chi connectivity index (χ1) is 13.2. The van der Waals surface area contributed by atoms with Crippen molar-refractivity contribution < 1.29 is 4.42 Å². The van der Waals surface area contributed by atoms with Crippen LogP contribution in [-0.2, 0) is 0 Å². The molecule has 0 saturated heterocycles. The monoisotopic (exact) mass is 368 g/mol. The first kappa shape index (κ1) is 17.0. The first-order valence-electron chi connectivity index (χ1n) is 8.53. The second kappa shape index (κ2) is 7.45. The van der Waals surface area contributed by atoms with E-state index in [0.717, 1.165) is 17.0 Å². The summed E-state index contributed by atoms with van der Waals surface area (Å²) in [6, 6.07) is 24.5. The van der Waals surface area contributed by atoms with E-state index in [-0.39, 0.29) is 0 Å². The van der Waals surface area contributed by atoms with Gasteiger partial charge in [-0.05, 0) is 30.2 Å². The number of aryl methyl sites for hydroxylation is 1. The molecule has 0 spiro atoms. The number of hydrogen-bond acceptors (Lipinski definition) is 4. The van der Waals surface area contributed by atoms with Crippen LogP contribution >= 0.6 is 11.3 Å². The van der Waals surface area contributed by atoms with Gasteiger partial charge < -0.3 is 4.42 Å². The maximum Gasteiger partial charge on any atom is 0.134 e. The molecule has 0 N–H and O–H groups in total. The Balaban J connectivity index is 1.60. The van der Waals surface area contributed by atoms with Gasteiger partial charge in [0, 0.05) is 17.0 Å². The Hall–Kier alpha value is -3.42. The third kappa shape index (κ3) is 3.74. The smallest absolute Gasteiger partial charge is 0.134 e. The van der Waals surface area contributed by atoms with Gasteiger partial charge in [0.05, 0.1) is 11.3 Å². The third-order valence-electron chi connectivity index (χ3n) is 4.19. The van der Waals surface area contributed by atoms with Crippen molar-refractivity contribution in [3.8, 4) is 28.5 Å². The van der Waals surface area contributed by atoms with E-state index in [1.165, 1.54) is 22.5 Å². The minimum Gasteiger partial charge on any atom is -0.462 e. The minimum atomic E-state index is 0.501. The third-order valence-corrected chi connectivity index (χ3v) is 5.07. The quantitative estimate of drug-likeness (QED) is 0.389. The average molecular weight is 368 g/mol. The fraction of sp³-hybridized carbons (Fsp3) is 0.0435. The number of furan rings is 1. The highest BCUT2D eigenvalue weighted by Crippen LogP contribution is 2.29. The van der Waals surface area contributed by atoms with Crippen LogP contribution < -0.4 is 0 Å². The zero-order chi connectivity index (χ0) is 18.6. The lowest BCUT2D eigenvalue weighted by Crippen LogP contribution is -1.83. The predicted molar refractivity (Wildman–Crippen MR) is 110 cm³/mol. The highest BCUT2D eigenvalue weighted by atomic mass is 32.1. The van der Waals surface area contributed by atoms with Gasteiger partial charge in [0.2, 0.25) is 0 Å². The Morgan fingerprint density at radius 1 is 0.963 bits per heavy atom. The van der Waals surface area contributed by atoms with E-state index < -0.39 is 0 Å². The van der Waals surface area contributed by atoms with Gasteiger partial charge in [-0.25, -0.2) is 4.98 Å². The summed E-state index contributed by atoms with van der Waals surface area (Å²) < 4.78 is 5.53. The van der Waals surface area contributed by atoms with E-state index in [0.29, 0.717) is 16.3 Å². The first-order valence-corrected chi connectivity index (χ1v) is 9.41. The van der Waals surface area contributed by atoms with E-state index in [1.807, 2.05) is 42.6 Å². The maximum atomic E-state index is 9.50. The number of aromatic nitrogens is 1. The van der Waals surface area contributed by atoms with Gasteiger partial charge in [-0.2, -0.15) is 5.26 Å². The maximum absolute atomic E-state index is 9.50. The molecule has 0 saturated carbocycles. The van der Waals surface area contributed by atoms with Crippen molar-refractivity contribution in [1.29, 1.82) is 5.26 Å². The number of nitriles is 1. The summed E-state index contributed by atoms with van der Waals surface area (Å²) in [6.07, 6.45) is 1.73. The van der Waals surface area contributed by atoms with Gasteiger partial charge >= 0.3 is 0 Å². The minimum absolute atomic E-state index is 0.501. The molecule has 2 aromatic heterocycles. The number of thiazole rings is 1. The lowest BCUT2D eigenvalue weighted by atomic mass is 10.0. The normalized spacial score (nSPS) is 11.3. The lowest BCUT2D eigenvalue weighted by molar-refractivity contribution is 0.525. The van der Waals surface area contributed by atoms with Crippen LogP contribution in [0.1, 0.15) is 16.5 Å². The van der Waals surface area contributed by atoms with Crippen molar-refractivity contribution in [2.75, 3.05) is 0 Å². The van der Waals surface area contributed by atoms with Gasteiger partial charge in [-0.15, -0.1) is 11.3 Å². The van der Waals surface area contributed by atoms with Crippen molar-refractivity contribution in [1.82, 2.24) is 4.98 Å². The van der Waals surface area contributed by atoms with Crippen molar-refractivity contribution >= 4 is 23.0 Å². The summed E-state index contributed by atoms with van der Waals surface area (Å²) in [5.41, 5.74) is 4.75. The fourth-order valence-electron chi connectivity index (χ4n) is 2.81.